The summed E-state index contributed by atoms with van der Waals surface area (Å²) in [6.45, 7) is 1.87. The molecule has 0 atom stereocenters. The fourth-order valence-electron chi connectivity index (χ4n) is 1.80. The normalized spacial score (nSPS) is 10.7. The molecule has 0 bridgehead atoms. The van der Waals surface area contributed by atoms with Crippen LogP contribution >= 0.6 is 22.7 Å². The Morgan fingerprint density at radius 2 is 2.15 bits per heavy atom. The van der Waals surface area contributed by atoms with Gasteiger partial charge in [-0.3, -0.25) is 10.1 Å². The van der Waals surface area contributed by atoms with Gasteiger partial charge in [-0.25, -0.2) is 9.97 Å². The van der Waals surface area contributed by atoms with Crippen LogP contribution in [-0.4, -0.2) is 20.4 Å². The van der Waals surface area contributed by atoms with Crippen molar-refractivity contribution in [3.8, 4) is 11.4 Å². The molecule has 0 radical (unpaired) electrons. The van der Waals surface area contributed by atoms with Crippen LogP contribution in [0.3, 0.4) is 0 Å². The number of anilines is 1. The molecule has 7 heteroatoms. The van der Waals surface area contributed by atoms with Gasteiger partial charge in [0.25, 0.3) is 5.91 Å². The zero-order valence-corrected chi connectivity index (χ0v) is 12.6. The molecule has 0 aliphatic carbocycles. The summed E-state index contributed by atoms with van der Waals surface area (Å²) in [5, 5.41) is 7.91. The number of rotatable bonds is 3. The van der Waals surface area contributed by atoms with Crippen LogP contribution < -0.4 is 5.32 Å². The number of thiazole rings is 2. The summed E-state index contributed by atoms with van der Waals surface area (Å²) in [7, 11) is 1.96. The van der Waals surface area contributed by atoms with E-state index in [-0.39, 0.29) is 5.91 Å². The standard InChI is InChI=1S/C13H12N4OS2/c1-8-14-10(7-19-8)12(18)16-13-15-9(6-20-13)11-4-3-5-17(11)2/h3-7H,1-2H3,(H,15,16,18). The van der Waals surface area contributed by atoms with Crippen molar-refractivity contribution in [1.82, 2.24) is 14.5 Å². The SMILES string of the molecule is Cc1nc(C(=O)Nc2nc(-c3cccn3C)cs2)cs1. The molecule has 0 unspecified atom stereocenters. The molecule has 3 aromatic rings. The van der Waals surface area contributed by atoms with Crippen molar-refractivity contribution in [2.24, 2.45) is 7.05 Å². The van der Waals surface area contributed by atoms with E-state index < -0.39 is 0 Å². The van der Waals surface area contributed by atoms with Crippen molar-refractivity contribution >= 4 is 33.7 Å². The largest absolute Gasteiger partial charge is 0.349 e. The van der Waals surface area contributed by atoms with Gasteiger partial charge in [0, 0.05) is 24.0 Å². The molecular weight excluding hydrogens is 292 g/mol. The summed E-state index contributed by atoms with van der Waals surface area (Å²) in [6.07, 6.45) is 1.96. The van der Waals surface area contributed by atoms with Crippen LogP contribution in [0, 0.1) is 6.92 Å². The van der Waals surface area contributed by atoms with Gasteiger partial charge in [0.2, 0.25) is 0 Å². The Hall–Kier alpha value is -1.99. The third-order valence-electron chi connectivity index (χ3n) is 2.78. The highest BCUT2D eigenvalue weighted by molar-refractivity contribution is 7.14. The molecule has 0 aromatic carbocycles. The highest BCUT2D eigenvalue weighted by Gasteiger charge is 2.13. The van der Waals surface area contributed by atoms with E-state index in [9.17, 15) is 4.79 Å². The number of hydrogen-bond acceptors (Lipinski definition) is 5. The van der Waals surface area contributed by atoms with Crippen LogP contribution in [0.1, 0.15) is 15.5 Å². The average molecular weight is 304 g/mol. The summed E-state index contributed by atoms with van der Waals surface area (Å²) < 4.78 is 1.99. The van der Waals surface area contributed by atoms with Gasteiger partial charge in [0.05, 0.1) is 16.4 Å². The maximum Gasteiger partial charge on any atom is 0.276 e. The van der Waals surface area contributed by atoms with Crippen LogP contribution in [-0.2, 0) is 7.05 Å². The molecule has 0 aliphatic rings. The van der Waals surface area contributed by atoms with E-state index >= 15 is 0 Å². The van der Waals surface area contributed by atoms with Crippen molar-refractivity contribution in [1.29, 1.82) is 0 Å². The monoisotopic (exact) mass is 304 g/mol. The molecule has 0 saturated carbocycles. The first-order valence-electron chi connectivity index (χ1n) is 5.94. The molecule has 1 N–H and O–H groups in total. The summed E-state index contributed by atoms with van der Waals surface area (Å²) >= 11 is 2.86. The van der Waals surface area contributed by atoms with Crippen LogP contribution in [0.5, 0.6) is 0 Å². The summed E-state index contributed by atoms with van der Waals surface area (Å²) in [5.74, 6) is -0.220. The molecule has 0 fully saturated rings. The first-order valence-corrected chi connectivity index (χ1v) is 7.70. The van der Waals surface area contributed by atoms with E-state index in [1.165, 1.54) is 22.7 Å². The van der Waals surface area contributed by atoms with Gasteiger partial charge >= 0.3 is 0 Å². The van der Waals surface area contributed by atoms with E-state index in [1.54, 1.807) is 5.38 Å². The number of carbonyl (C=O) groups excluding carboxylic acids is 1. The lowest BCUT2D eigenvalue weighted by Gasteiger charge is -1.99. The second-order valence-corrected chi connectivity index (χ2v) is 6.17. The smallest absolute Gasteiger partial charge is 0.276 e. The predicted octanol–water partition coefficient (Wildman–Crippen LogP) is 3.17. The topological polar surface area (TPSA) is 59.8 Å². The first-order chi connectivity index (χ1) is 9.63. The summed E-state index contributed by atoms with van der Waals surface area (Å²) in [6, 6.07) is 3.95. The van der Waals surface area contributed by atoms with Gasteiger partial charge in [-0.1, -0.05) is 0 Å². The fourth-order valence-corrected chi connectivity index (χ4v) is 3.10. The molecule has 3 aromatic heterocycles. The van der Waals surface area contributed by atoms with Crippen molar-refractivity contribution in [2.75, 3.05) is 5.32 Å². The lowest BCUT2D eigenvalue weighted by Crippen LogP contribution is -2.12. The molecule has 0 spiro atoms. The van der Waals surface area contributed by atoms with E-state index in [0.29, 0.717) is 10.8 Å². The van der Waals surface area contributed by atoms with Gasteiger partial charge in [-0.15, -0.1) is 22.7 Å². The number of hydrogen-bond donors (Lipinski definition) is 1. The minimum Gasteiger partial charge on any atom is -0.349 e. The van der Waals surface area contributed by atoms with Gasteiger partial charge in [0.1, 0.15) is 5.69 Å². The van der Waals surface area contributed by atoms with Crippen LogP contribution in [0.15, 0.2) is 29.1 Å². The van der Waals surface area contributed by atoms with E-state index in [4.69, 9.17) is 0 Å². The van der Waals surface area contributed by atoms with Crippen molar-refractivity contribution in [2.45, 2.75) is 6.92 Å². The number of carbonyl (C=O) groups is 1. The van der Waals surface area contributed by atoms with E-state index in [0.717, 1.165) is 16.4 Å². The zero-order chi connectivity index (χ0) is 14.1. The summed E-state index contributed by atoms with van der Waals surface area (Å²) in [4.78, 5) is 20.6. The fraction of sp³-hybridized carbons (Fsp3) is 0.154. The Kier molecular flexibility index (Phi) is 3.37. The minimum absolute atomic E-state index is 0.220. The number of amides is 1. The minimum atomic E-state index is -0.220. The highest BCUT2D eigenvalue weighted by Crippen LogP contribution is 2.25. The van der Waals surface area contributed by atoms with Gasteiger partial charge < -0.3 is 4.57 Å². The number of aromatic nitrogens is 3. The van der Waals surface area contributed by atoms with Gasteiger partial charge in [0.15, 0.2) is 5.13 Å². The lowest BCUT2D eigenvalue weighted by molar-refractivity contribution is 0.102. The number of nitrogens with zero attached hydrogens (tertiary/aromatic N) is 3. The average Bonchev–Trinajstić information content (AvgIpc) is 3.10. The van der Waals surface area contributed by atoms with Crippen molar-refractivity contribution in [3.05, 3.63) is 39.8 Å². The van der Waals surface area contributed by atoms with Crippen LogP contribution in [0.2, 0.25) is 0 Å². The third-order valence-corrected chi connectivity index (χ3v) is 4.31. The number of nitrogens with one attached hydrogen (secondary N) is 1. The first kappa shape index (κ1) is 13.0. The molecular formula is C13H12N4OS2. The molecule has 1 amide bonds. The second kappa shape index (κ2) is 5.18. The van der Waals surface area contributed by atoms with Gasteiger partial charge in [-0.2, -0.15) is 0 Å². The van der Waals surface area contributed by atoms with Gasteiger partial charge in [-0.05, 0) is 19.1 Å². The number of aryl methyl sites for hydroxylation is 2. The maximum absolute atomic E-state index is 12.0. The molecule has 102 valence electrons. The quantitative estimate of drug-likeness (QED) is 0.808. The van der Waals surface area contributed by atoms with Crippen molar-refractivity contribution in [3.63, 3.8) is 0 Å². The second-order valence-electron chi connectivity index (χ2n) is 4.25. The van der Waals surface area contributed by atoms with Crippen LogP contribution in [0.25, 0.3) is 11.4 Å². The Labute approximate surface area is 123 Å². The zero-order valence-electron chi connectivity index (χ0n) is 11.0. The molecule has 5 nitrogen and oxygen atoms in total. The third kappa shape index (κ3) is 2.50. The summed E-state index contributed by atoms with van der Waals surface area (Å²) in [5.41, 5.74) is 2.31. The molecule has 0 saturated heterocycles. The Morgan fingerprint density at radius 3 is 2.80 bits per heavy atom. The van der Waals surface area contributed by atoms with E-state index in [1.807, 2.05) is 42.2 Å². The Balaban J connectivity index is 1.78. The molecule has 3 rings (SSSR count). The predicted molar refractivity (Wildman–Crippen MR) is 81.3 cm³/mol. The lowest BCUT2D eigenvalue weighted by atomic mass is 10.3. The van der Waals surface area contributed by atoms with Crippen LogP contribution in [0.4, 0.5) is 5.13 Å². The van der Waals surface area contributed by atoms with Crippen molar-refractivity contribution < 1.29 is 4.79 Å². The highest BCUT2D eigenvalue weighted by atomic mass is 32.1. The maximum atomic E-state index is 12.0. The molecule has 20 heavy (non-hydrogen) atoms. The molecule has 0 aliphatic heterocycles. The Bertz CT molecular complexity index is 756. The van der Waals surface area contributed by atoms with E-state index in [2.05, 4.69) is 15.3 Å². The Morgan fingerprint density at radius 1 is 1.30 bits per heavy atom. The molecule has 3 heterocycles.